The van der Waals surface area contributed by atoms with Gasteiger partial charge in [-0.25, -0.2) is 0 Å². The number of hydrogen-bond donors (Lipinski definition) is 2. The SMILES string of the molecule is CCOC(CC)(CC)C(NN)c1ccc(C(C)(C)C)cc1. The lowest BCUT2D eigenvalue weighted by atomic mass is 9.82. The van der Waals surface area contributed by atoms with E-state index < -0.39 is 0 Å². The molecule has 1 aromatic carbocycles. The summed E-state index contributed by atoms with van der Waals surface area (Å²) in [4.78, 5) is 0. The Hall–Kier alpha value is -0.900. The zero-order valence-electron chi connectivity index (χ0n) is 14.5. The first kappa shape index (κ1) is 18.1. The molecule has 0 aliphatic rings. The van der Waals surface area contributed by atoms with Crippen molar-refractivity contribution in [3.63, 3.8) is 0 Å². The highest BCUT2D eigenvalue weighted by Crippen LogP contribution is 2.35. The monoisotopic (exact) mass is 292 g/mol. The second-order valence-corrected chi connectivity index (χ2v) is 6.68. The van der Waals surface area contributed by atoms with Gasteiger partial charge < -0.3 is 4.74 Å². The molecule has 0 saturated heterocycles. The van der Waals surface area contributed by atoms with Crippen LogP contribution in [0.4, 0.5) is 0 Å². The molecule has 21 heavy (non-hydrogen) atoms. The Morgan fingerprint density at radius 2 is 1.57 bits per heavy atom. The van der Waals surface area contributed by atoms with E-state index in [1.165, 1.54) is 11.1 Å². The molecule has 0 bridgehead atoms. The molecule has 0 aliphatic carbocycles. The first-order chi connectivity index (χ1) is 9.84. The van der Waals surface area contributed by atoms with Crippen LogP contribution in [-0.2, 0) is 10.2 Å². The lowest BCUT2D eigenvalue weighted by Crippen LogP contribution is -2.48. The molecule has 0 spiro atoms. The molecule has 120 valence electrons. The van der Waals surface area contributed by atoms with E-state index in [9.17, 15) is 0 Å². The minimum absolute atomic E-state index is 0.00136. The number of hydrogen-bond acceptors (Lipinski definition) is 3. The molecule has 0 fully saturated rings. The fourth-order valence-electron chi connectivity index (χ4n) is 2.96. The van der Waals surface area contributed by atoms with E-state index in [1.807, 2.05) is 6.92 Å². The van der Waals surface area contributed by atoms with Gasteiger partial charge in [-0.2, -0.15) is 0 Å². The highest BCUT2D eigenvalue weighted by atomic mass is 16.5. The molecule has 0 aromatic heterocycles. The fraction of sp³-hybridized carbons (Fsp3) is 0.667. The average molecular weight is 292 g/mol. The molecule has 1 aromatic rings. The minimum atomic E-state index is -0.257. The van der Waals surface area contributed by atoms with Crippen LogP contribution in [0, 0.1) is 0 Å². The summed E-state index contributed by atoms with van der Waals surface area (Å²) in [5, 5.41) is 0. The summed E-state index contributed by atoms with van der Waals surface area (Å²) in [6.45, 7) is 13.7. The van der Waals surface area contributed by atoms with Gasteiger partial charge in [0, 0.05) is 6.61 Å². The Morgan fingerprint density at radius 3 is 1.90 bits per heavy atom. The molecule has 1 rings (SSSR count). The Morgan fingerprint density at radius 1 is 1.05 bits per heavy atom. The molecule has 0 aliphatic heterocycles. The highest BCUT2D eigenvalue weighted by Gasteiger charge is 2.37. The van der Waals surface area contributed by atoms with Crippen molar-refractivity contribution in [2.45, 2.75) is 71.4 Å². The maximum absolute atomic E-state index is 6.09. The summed E-state index contributed by atoms with van der Waals surface area (Å²) >= 11 is 0. The van der Waals surface area contributed by atoms with Gasteiger partial charge in [-0.05, 0) is 36.3 Å². The van der Waals surface area contributed by atoms with Gasteiger partial charge in [0.2, 0.25) is 0 Å². The second kappa shape index (κ2) is 7.39. The van der Waals surface area contributed by atoms with E-state index in [0.29, 0.717) is 6.61 Å². The summed E-state index contributed by atoms with van der Waals surface area (Å²) in [5.74, 6) is 5.87. The number of nitrogens with one attached hydrogen (secondary N) is 1. The summed E-state index contributed by atoms with van der Waals surface area (Å²) in [6.07, 6.45) is 1.85. The zero-order valence-corrected chi connectivity index (χ0v) is 14.5. The van der Waals surface area contributed by atoms with Crippen molar-refractivity contribution in [1.82, 2.24) is 5.43 Å². The van der Waals surface area contributed by atoms with Crippen LogP contribution in [0.15, 0.2) is 24.3 Å². The molecule has 1 atom stereocenters. The largest absolute Gasteiger partial charge is 0.373 e. The van der Waals surface area contributed by atoms with Crippen LogP contribution in [0.3, 0.4) is 0 Å². The quantitative estimate of drug-likeness (QED) is 0.588. The number of nitrogens with two attached hydrogens (primary N) is 1. The predicted molar refractivity (Wildman–Crippen MR) is 90.1 cm³/mol. The highest BCUT2D eigenvalue weighted by molar-refractivity contribution is 5.30. The number of rotatable bonds is 7. The van der Waals surface area contributed by atoms with Crippen LogP contribution in [-0.4, -0.2) is 12.2 Å². The summed E-state index contributed by atoms with van der Waals surface area (Å²) < 4.78 is 6.09. The number of ether oxygens (including phenoxy) is 1. The maximum Gasteiger partial charge on any atom is 0.0883 e. The van der Waals surface area contributed by atoms with Gasteiger partial charge in [-0.15, -0.1) is 0 Å². The van der Waals surface area contributed by atoms with Gasteiger partial charge in [0.1, 0.15) is 0 Å². The normalized spacial score (nSPS) is 14.2. The van der Waals surface area contributed by atoms with Crippen molar-refractivity contribution in [2.75, 3.05) is 6.61 Å². The summed E-state index contributed by atoms with van der Waals surface area (Å²) in [7, 11) is 0. The van der Waals surface area contributed by atoms with Crippen molar-refractivity contribution < 1.29 is 4.74 Å². The van der Waals surface area contributed by atoms with Crippen LogP contribution in [0.2, 0.25) is 0 Å². The maximum atomic E-state index is 6.09. The van der Waals surface area contributed by atoms with E-state index in [-0.39, 0.29) is 17.1 Å². The molecule has 3 N–H and O–H groups in total. The van der Waals surface area contributed by atoms with Crippen molar-refractivity contribution in [1.29, 1.82) is 0 Å². The van der Waals surface area contributed by atoms with Crippen molar-refractivity contribution >= 4 is 0 Å². The molecule has 0 amide bonds. The lowest BCUT2D eigenvalue weighted by Gasteiger charge is -2.39. The molecule has 0 saturated carbocycles. The van der Waals surface area contributed by atoms with E-state index in [0.717, 1.165) is 12.8 Å². The predicted octanol–water partition coefficient (Wildman–Crippen LogP) is 4.08. The van der Waals surface area contributed by atoms with E-state index in [1.54, 1.807) is 0 Å². The topological polar surface area (TPSA) is 47.3 Å². The van der Waals surface area contributed by atoms with Crippen LogP contribution in [0.25, 0.3) is 0 Å². The van der Waals surface area contributed by atoms with Gasteiger partial charge in [0.15, 0.2) is 0 Å². The van der Waals surface area contributed by atoms with Gasteiger partial charge >= 0.3 is 0 Å². The standard InChI is InChI=1S/C18H32N2O/c1-7-18(8-2,21-9-3)16(20-19)14-10-12-15(13-11-14)17(4,5)6/h10-13,16,20H,7-9,19H2,1-6H3. The molecular formula is C18H32N2O. The fourth-order valence-corrected chi connectivity index (χ4v) is 2.96. The Bertz CT molecular complexity index is 416. The third-order valence-corrected chi connectivity index (χ3v) is 4.43. The number of benzene rings is 1. The van der Waals surface area contributed by atoms with Crippen molar-refractivity contribution in [3.05, 3.63) is 35.4 Å². The van der Waals surface area contributed by atoms with Gasteiger partial charge in [0.05, 0.1) is 11.6 Å². The van der Waals surface area contributed by atoms with Crippen molar-refractivity contribution in [3.8, 4) is 0 Å². The van der Waals surface area contributed by atoms with Crippen molar-refractivity contribution in [2.24, 2.45) is 5.84 Å². The van der Waals surface area contributed by atoms with Crippen LogP contribution in [0.1, 0.15) is 71.6 Å². The van der Waals surface area contributed by atoms with Gasteiger partial charge in [-0.1, -0.05) is 58.9 Å². The molecule has 0 heterocycles. The van der Waals surface area contributed by atoms with E-state index in [2.05, 4.69) is 64.3 Å². The smallest absolute Gasteiger partial charge is 0.0883 e. The van der Waals surface area contributed by atoms with Gasteiger partial charge in [-0.3, -0.25) is 11.3 Å². The second-order valence-electron chi connectivity index (χ2n) is 6.68. The van der Waals surface area contributed by atoms with Gasteiger partial charge in [0.25, 0.3) is 0 Å². The first-order valence-corrected chi connectivity index (χ1v) is 8.05. The molecule has 3 heteroatoms. The van der Waals surface area contributed by atoms with Crippen LogP contribution >= 0.6 is 0 Å². The molecule has 3 nitrogen and oxygen atoms in total. The first-order valence-electron chi connectivity index (χ1n) is 8.05. The average Bonchev–Trinajstić information content (AvgIpc) is 2.46. The summed E-state index contributed by atoms with van der Waals surface area (Å²) in [5.41, 5.74) is 5.40. The third-order valence-electron chi connectivity index (χ3n) is 4.43. The Labute approximate surface area is 130 Å². The Balaban J connectivity index is 3.14. The number of hydrazine groups is 1. The minimum Gasteiger partial charge on any atom is -0.373 e. The van der Waals surface area contributed by atoms with E-state index >= 15 is 0 Å². The molecule has 1 unspecified atom stereocenters. The molecule has 0 radical (unpaired) electrons. The zero-order chi connectivity index (χ0) is 16.1. The van der Waals surface area contributed by atoms with Crippen LogP contribution < -0.4 is 11.3 Å². The van der Waals surface area contributed by atoms with E-state index in [4.69, 9.17) is 10.6 Å². The molecular weight excluding hydrogens is 260 g/mol. The lowest BCUT2D eigenvalue weighted by molar-refractivity contribution is -0.0734. The third kappa shape index (κ3) is 4.06. The summed E-state index contributed by atoms with van der Waals surface area (Å²) in [6, 6.07) is 8.74. The Kier molecular flexibility index (Phi) is 6.39. The van der Waals surface area contributed by atoms with Crippen LogP contribution in [0.5, 0.6) is 0 Å².